The van der Waals surface area contributed by atoms with E-state index in [-0.39, 0.29) is 6.04 Å². The molecule has 2 rings (SSSR count). The quantitative estimate of drug-likeness (QED) is 0.672. The van der Waals surface area contributed by atoms with Crippen molar-refractivity contribution in [2.24, 2.45) is 5.84 Å². The van der Waals surface area contributed by atoms with Gasteiger partial charge in [-0.15, -0.1) is 0 Å². The van der Waals surface area contributed by atoms with E-state index in [1.165, 1.54) is 0 Å². The van der Waals surface area contributed by atoms with Crippen LogP contribution in [0.25, 0.3) is 0 Å². The molecule has 0 aliphatic carbocycles. The second-order valence-electron chi connectivity index (χ2n) is 3.68. The van der Waals surface area contributed by atoms with Crippen LogP contribution in [-0.2, 0) is 0 Å². The standard InChI is InChI=1S/C12H13BrN4/c1-8-9(3-2-4-10(8)13)12(17-14)11-7-15-5-6-16-11/h2-7,12,17H,14H2,1H3. The normalized spacial score (nSPS) is 12.4. The molecule has 0 spiro atoms. The number of halogens is 1. The Balaban J connectivity index is 2.46. The third kappa shape index (κ3) is 2.52. The summed E-state index contributed by atoms with van der Waals surface area (Å²) in [4.78, 5) is 8.34. The Morgan fingerprint density at radius 2 is 2.18 bits per heavy atom. The number of nitrogens with one attached hydrogen (secondary N) is 1. The number of nitrogens with two attached hydrogens (primary N) is 1. The van der Waals surface area contributed by atoms with Gasteiger partial charge in [0.15, 0.2) is 0 Å². The molecule has 0 aliphatic rings. The second-order valence-corrected chi connectivity index (χ2v) is 4.54. The van der Waals surface area contributed by atoms with E-state index in [1.807, 2.05) is 25.1 Å². The lowest BCUT2D eigenvalue weighted by Gasteiger charge is -2.18. The van der Waals surface area contributed by atoms with Gasteiger partial charge in [0, 0.05) is 16.9 Å². The van der Waals surface area contributed by atoms with Crippen LogP contribution in [0.2, 0.25) is 0 Å². The molecule has 0 saturated heterocycles. The van der Waals surface area contributed by atoms with Crippen molar-refractivity contribution < 1.29 is 0 Å². The van der Waals surface area contributed by atoms with E-state index in [2.05, 4.69) is 31.3 Å². The molecule has 1 atom stereocenters. The highest BCUT2D eigenvalue weighted by molar-refractivity contribution is 9.10. The first kappa shape index (κ1) is 12.2. The highest BCUT2D eigenvalue weighted by Gasteiger charge is 2.16. The van der Waals surface area contributed by atoms with Crippen molar-refractivity contribution in [2.45, 2.75) is 13.0 Å². The van der Waals surface area contributed by atoms with Gasteiger partial charge < -0.3 is 0 Å². The first-order valence-corrected chi connectivity index (χ1v) is 6.00. The molecule has 1 unspecified atom stereocenters. The number of hydrazine groups is 1. The zero-order valence-corrected chi connectivity index (χ0v) is 11.0. The maximum Gasteiger partial charge on any atom is 0.0900 e. The molecule has 0 bridgehead atoms. The van der Waals surface area contributed by atoms with Gasteiger partial charge in [-0.25, -0.2) is 5.43 Å². The number of benzene rings is 1. The van der Waals surface area contributed by atoms with Gasteiger partial charge >= 0.3 is 0 Å². The molecule has 2 aromatic rings. The Kier molecular flexibility index (Phi) is 3.83. The Bertz CT molecular complexity index is 501. The second kappa shape index (κ2) is 5.35. The smallest absolute Gasteiger partial charge is 0.0900 e. The topological polar surface area (TPSA) is 63.8 Å². The Labute approximate surface area is 108 Å². The predicted octanol–water partition coefficient (Wildman–Crippen LogP) is 2.10. The number of nitrogens with zero attached hydrogens (tertiary/aromatic N) is 2. The van der Waals surface area contributed by atoms with Crippen molar-refractivity contribution in [3.05, 3.63) is 58.1 Å². The van der Waals surface area contributed by atoms with Crippen LogP contribution in [-0.4, -0.2) is 9.97 Å². The van der Waals surface area contributed by atoms with Crippen LogP contribution in [0, 0.1) is 6.92 Å². The summed E-state index contributed by atoms with van der Waals surface area (Å²) in [6.45, 7) is 2.04. The molecule has 1 aromatic heterocycles. The maximum atomic E-state index is 5.62. The van der Waals surface area contributed by atoms with Gasteiger partial charge in [0.2, 0.25) is 0 Å². The van der Waals surface area contributed by atoms with Crippen LogP contribution in [0.15, 0.2) is 41.3 Å². The van der Waals surface area contributed by atoms with Crippen molar-refractivity contribution in [3.63, 3.8) is 0 Å². The van der Waals surface area contributed by atoms with Crippen LogP contribution in [0.1, 0.15) is 22.9 Å². The lowest BCUT2D eigenvalue weighted by molar-refractivity contribution is 0.614. The molecule has 1 heterocycles. The minimum atomic E-state index is -0.152. The van der Waals surface area contributed by atoms with Crippen molar-refractivity contribution in [1.29, 1.82) is 0 Å². The monoisotopic (exact) mass is 292 g/mol. The Hall–Kier alpha value is -1.30. The molecule has 0 amide bonds. The van der Waals surface area contributed by atoms with Crippen molar-refractivity contribution >= 4 is 15.9 Å². The zero-order valence-electron chi connectivity index (χ0n) is 9.39. The number of hydrogen-bond acceptors (Lipinski definition) is 4. The summed E-state index contributed by atoms with van der Waals surface area (Å²) < 4.78 is 1.05. The summed E-state index contributed by atoms with van der Waals surface area (Å²) in [6.07, 6.45) is 5.02. The molecule has 0 fully saturated rings. The van der Waals surface area contributed by atoms with Gasteiger partial charge in [0.1, 0.15) is 0 Å². The van der Waals surface area contributed by atoms with Gasteiger partial charge in [0.05, 0.1) is 17.9 Å². The SMILES string of the molecule is Cc1c(Br)cccc1C(NN)c1cnccn1. The van der Waals surface area contributed by atoms with Gasteiger partial charge in [-0.2, -0.15) is 0 Å². The summed E-state index contributed by atoms with van der Waals surface area (Å²) >= 11 is 3.51. The molecule has 3 N–H and O–H groups in total. The van der Waals surface area contributed by atoms with E-state index < -0.39 is 0 Å². The predicted molar refractivity (Wildman–Crippen MR) is 70.1 cm³/mol. The van der Waals surface area contributed by atoms with Gasteiger partial charge in [-0.1, -0.05) is 28.1 Å². The number of hydrogen-bond donors (Lipinski definition) is 2. The fourth-order valence-corrected chi connectivity index (χ4v) is 2.11. The summed E-state index contributed by atoms with van der Waals surface area (Å²) in [5.74, 6) is 5.62. The largest absolute Gasteiger partial charge is 0.271 e. The molecular weight excluding hydrogens is 280 g/mol. The first-order valence-electron chi connectivity index (χ1n) is 5.21. The van der Waals surface area contributed by atoms with E-state index >= 15 is 0 Å². The van der Waals surface area contributed by atoms with Crippen LogP contribution in [0.4, 0.5) is 0 Å². The van der Waals surface area contributed by atoms with Gasteiger partial charge in [-0.3, -0.25) is 15.8 Å². The van der Waals surface area contributed by atoms with Crippen molar-refractivity contribution in [1.82, 2.24) is 15.4 Å². The summed E-state index contributed by atoms with van der Waals surface area (Å²) in [6, 6.07) is 5.86. The van der Waals surface area contributed by atoms with E-state index in [4.69, 9.17) is 5.84 Å². The lowest BCUT2D eigenvalue weighted by atomic mass is 9.99. The Morgan fingerprint density at radius 3 is 2.82 bits per heavy atom. The molecule has 88 valence electrons. The average Bonchev–Trinajstić information content (AvgIpc) is 2.37. The highest BCUT2D eigenvalue weighted by Crippen LogP contribution is 2.27. The highest BCUT2D eigenvalue weighted by atomic mass is 79.9. The average molecular weight is 293 g/mol. The van der Waals surface area contributed by atoms with Gasteiger partial charge in [0.25, 0.3) is 0 Å². The molecular formula is C12H13BrN4. The Morgan fingerprint density at radius 1 is 1.35 bits per heavy atom. The minimum absolute atomic E-state index is 0.152. The van der Waals surface area contributed by atoms with Gasteiger partial charge in [-0.05, 0) is 24.1 Å². The summed E-state index contributed by atoms with van der Waals surface area (Å²) in [5.41, 5.74) is 5.81. The van der Waals surface area contributed by atoms with E-state index in [1.54, 1.807) is 18.6 Å². The number of rotatable bonds is 3. The fourth-order valence-electron chi connectivity index (χ4n) is 1.73. The fraction of sp³-hybridized carbons (Fsp3) is 0.167. The van der Waals surface area contributed by atoms with Crippen LogP contribution in [0.3, 0.4) is 0 Å². The molecule has 0 radical (unpaired) electrons. The first-order chi connectivity index (χ1) is 8.24. The van der Waals surface area contributed by atoms with E-state index in [0.29, 0.717) is 0 Å². The molecule has 17 heavy (non-hydrogen) atoms. The summed E-state index contributed by atoms with van der Waals surface area (Å²) in [7, 11) is 0. The van der Waals surface area contributed by atoms with Crippen molar-refractivity contribution in [2.75, 3.05) is 0 Å². The van der Waals surface area contributed by atoms with Crippen LogP contribution < -0.4 is 11.3 Å². The summed E-state index contributed by atoms with van der Waals surface area (Å²) in [5, 5.41) is 0. The van der Waals surface area contributed by atoms with Crippen LogP contribution in [0.5, 0.6) is 0 Å². The molecule has 1 aromatic carbocycles. The third-order valence-corrected chi connectivity index (χ3v) is 3.53. The minimum Gasteiger partial charge on any atom is -0.271 e. The van der Waals surface area contributed by atoms with E-state index in [0.717, 1.165) is 21.3 Å². The third-order valence-electron chi connectivity index (χ3n) is 2.67. The number of aromatic nitrogens is 2. The molecule has 5 heteroatoms. The molecule has 0 aliphatic heterocycles. The zero-order chi connectivity index (χ0) is 12.3. The molecule has 4 nitrogen and oxygen atoms in total. The lowest BCUT2D eigenvalue weighted by Crippen LogP contribution is -2.30. The van der Waals surface area contributed by atoms with Crippen molar-refractivity contribution in [3.8, 4) is 0 Å². The molecule has 0 saturated carbocycles. The maximum absolute atomic E-state index is 5.62. The van der Waals surface area contributed by atoms with Crippen LogP contribution >= 0.6 is 15.9 Å². The van der Waals surface area contributed by atoms with E-state index in [9.17, 15) is 0 Å².